The van der Waals surface area contributed by atoms with E-state index in [2.05, 4.69) is 25.1 Å². The number of hydrogen-bond acceptors (Lipinski definition) is 2. The predicted molar refractivity (Wildman–Crippen MR) is 53.8 cm³/mol. The molecule has 0 aliphatic heterocycles. The van der Waals surface area contributed by atoms with E-state index in [0.29, 0.717) is 6.54 Å². The molecule has 1 unspecified atom stereocenters. The normalized spacial score (nSPS) is 15.2. The first kappa shape index (κ1) is 11.5. The second-order valence-corrected chi connectivity index (χ2v) is 3.40. The van der Waals surface area contributed by atoms with Gasteiger partial charge in [-0.3, -0.25) is 0 Å². The van der Waals surface area contributed by atoms with E-state index in [1.807, 2.05) is 0 Å². The topological polar surface area (TPSA) is 38.0 Å². The molecule has 0 saturated heterocycles. The number of rotatable bonds is 6. The summed E-state index contributed by atoms with van der Waals surface area (Å²) in [5, 5.41) is 3.38. The monoisotopic (exact) mass is 168 g/mol. The Morgan fingerprint density at radius 3 is 2.67 bits per heavy atom. The van der Waals surface area contributed by atoms with Crippen LogP contribution in [0, 0.1) is 12.3 Å². The van der Waals surface area contributed by atoms with Gasteiger partial charge in [0.15, 0.2) is 0 Å². The third kappa shape index (κ3) is 4.38. The van der Waals surface area contributed by atoms with E-state index in [-0.39, 0.29) is 5.54 Å². The highest BCUT2D eigenvalue weighted by molar-refractivity contribution is 4.88. The molecule has 3 N–H and O–H groups in total. The highest BCUT2D eigenvalue weighted by atomic mass is 15.0. The summed E-state index contributed by atoms with van der Waals surface area (Å²) in [5.41, 5.74) is 5.74. The molecule has 0 aliphatic rings. The Morgan fingerprint density at radius 1 is 1.58 bits per heavy atom. The summed E-state index contributed by atoms with van der Waals surface area (Å²) in [6.07, 6.45) is 8.18. The van der Waals surface area contributed by atoms with E-state index in [1.165, 1.54) is 0 Å². The Hall–Kier alpha value is -0.520. The molecule has 2 nitrogen and oxygen atoms in total. The van der Waals surface area contributed by atoms with Crippen LogP contribution in [0.1, 0.15) is 33.1 Å². The van der Waals surface area contributed by atoms with Gasteiger partial charge in [-0.1, -0.05) is 13.3 Å². The Balaban J connectivity index is 3.72. The minimum atomic E-state index is 0.0750. The van der Waals surface area contributed by atoms with Gasteiger partial charge in [-0.05, 0) is 13.3 Å². The van der Waals surface area contributed by atoms with Crippen LogP contribution >= 0.6 is 0 Å². The fraction of sp³-hybridized carbons (Fsp3) is 0.800. The van der Waals surface area contributed by atoms with Crippen molar-refractivity contribution in [1.82, 2.24) is 5.32 Å². The highest BCUT2D eigenvalue weighted by Gasteiger charge is 2.19. The van der Waals surface area contributed by atoms with Gasteiger partial charge >= 0.3 is 0 Å². The lowest BCUT2D eigenvalue weighted by molar-refractivity contribution is 0.340. The van der Waals surface area contributed by atoms with Gasteiger partial charge in [-0.15, -0.1) is 12.3 Å². The van der Waals surface area contributed by atoms with E-state index in [4.69, 9.17) is 12.2 Å². The molecule has 0 fully saturated rings. The molecular weight excluding hydrogens is 148 g/mol. The predicted octanol–water partition coefficient (Wildman–Crippen LogP) is 1.12. The summed E-state index contributed by atoms with van der Waals surface area (Å²) in [6.45, 7) is 5.85. The summed E-state index contributed by atoms with van der Waals surface area (Å²) >= 11 is 0. The molecule has 70 valence electrons. The highest BCUT2D eigenvalue weighted by Crippen LogP contribution is 2.09. The van der Waals surface area contributed by atoms with Gasteiger partial charge in [-0.25, -0.2) is 0 Å². The lowest BCUT2D eigenvalue weighted by Crippen LogP contribution is -2.48. The Labute approximate surface area is 75.9 Å². The van der Waals surface area contributed by atoms with Crippen molar-refractivity contribution in [3.05, 3.63) is 0 Å². The molecule has 0 saturated carbocycles. The summed E-state index contributed by atoms with van der Waals surface area (Å²) < 4.78 is 0. The van der Waals surface area contributed by atoms with Gasteiger partial charge in [0.1, 0.15) is 0 Å². The third-order valence-electron chi connectivity index (χ3n) is 2.07. The van der Waals surface area contributed by atoms with Gasteiger partial charge in [-0.2, -0.15) is 0 Å². The lowest BCUT2D eigenvalue weighted by Gasteiger charge is -2.28. The van der Waals surface area contributed by atoms with Crippen molar-refractivity contribution >= 4 is 0 Å². The Morgan fingerprint density at radius 2 is 2.25 bits per heavy atom. The van der Waals surface area contributed by atoms with Crippen molar-refractivity contribution < 1.29 is 0 Å². The second-order valence-electron chi connectivity index (χ2n) is 3.40. The van der Waals surface area contributed by atoms with Crippen LogP contribution in [-0.2, 0) is 0 Å². The summed E-state index contributed by atoms with van der Waals surface area (Å²) in [5.74, 6) is 2.60. The van der Waals surface area contributed by atoms with Crippen molar-refractivity contribution in [2.75, 3.05) is 13.1 Å². The zero-order valence-corrected chi connectivity index (χ0v) is 8.19. The standard InChI is InChI=1S/C10H20N2/c1-4-6-8-12-10(3,9-11)7-5-2/h1,12H,5-9,11H2,2-3H3. The van der Waals surface area contributed by atoms with E-state index < -0.39 is 0 Å². The first-order valence-corrected chi connectivity index (χ1v) is 4.57. The molecule has 0 rings (SSSR count). The summed E-state index contributed by atoms with van der Waals surface area (Å²) in [6, 6.07) is 0. The maximum Gasteiger partial charge on any atom is 0.0275 e. The molecular formula is C10H20N2. The fourth-order valence-corrected chi connectivity index (χ4v) is 1.25. The molecule has 2 heteroatoms. The first-order valence-electron chi connectivity index (χ1n) is 4.57. The SMILES string of the molecule is C#CCCNC(C)(CN)CCC. The Bertz CT molecular complexity index is 148. The van der Waals surface area contributed by atoms with Gasteiger partial charge in [0, 0.05) is 25.0 Å². The van der Waals surface area contributed by atoms with E-state index in [9.17, 15) is 0 Å². The van der Waals surface area contributed by atoms with Crippen LogP contribution in [-0.4, -0.2) is 18.6 Å². The van der Waals surface area contributed by atoms with Crippen LogP contribution in [0.2, 0.25) is 0 Å². The van der Waals surface area contributed by atoms with Gasteiger partial charge in [0.25, 0.3) is 0 Å². The molecule has 0 aromatic heterocycles. The molecule has 0 heterocycles. The largest absolute Gasteiger partial charge is 0.329 e. The van der Waals surface area contributed by atoms with Crippen LogP contribution in [0.5, 0.6) is 0 Å². The van der Waals surface area contributed by atoms with Crippen LogP contribution in [0.3, 0.4) is 0 Å². The summed E-state index contributed by atoms with van der Waals surface area (Å²) in [4.78, 5) is 0. The number of terminal acetylenes is 1. The molecule has 0 aliphatic carbocycles. The smallest absolute Gasteiger partial charge is 0.0275 e. The van der Waals surface area contributed by atoms with Crippen molar-refractivity contribution in [3.63, 3.8) is 0 Å². The molecule has 0 aromatic carbocycles. The van der Waals surface area contributed by atoms with E-state index >= 15 is 0 Å². The maximum atomic E-state index is 5.66. The average molecular weight is 168 g/mol. The number of hydrogen-bond donors (Lipinski definition) is 2. The van der Waals surface area contributed by atoms with Gasteiger partial charge in [0.2, 0.25) is 0 Å². The minimum absolute atomic E-state index is 0.0750. The Kier molecular flexibility index (Phi) is 5.79. The zero-order chi connectivity index (χ0) is 9.45. The van der Waals surface area contributed by atoms with Crippen molar-refractivity contribution in [3.8, 4) is 12.3 Å². The van der Waals surface area contributed by atoms with E-state index in [1.54, 1.807) is 0 Å². The molecule has 0 aromatic rings. The van der Waals surface area contributed by atoms with Crippen LogP contribution in [0.25, 0.3) is 0 Å². The molecule has 12 heavy (non-hydrogen) atoms. The van der Waals surface area contributed by atoms with Gasteiger partial charge < -0.3 is 11.1 Å². The molecule has 1 atom stereocenters. The average Bonchev–Trinajstić information content (AvgIpc) is 2.06. The first-order chi connectivity index (χ1) is 5.68. The van der Waals surface area contributed by atoms with Crippen LogP contribution in [0.4, 0.5) is 0 Å². The van der Waals surface area contributed by atoms with Crippen molar-refractivity contribution in [2.24, 2.45) is 5.73 Å². The summed E-state index contributed by atoms with van der Waals surface area (Å²) in [7, 11) is 0. The zero-order valence-electron chi connectivity index (χ0n) is 8.19. The lowest BCUT2D eigenvalue weighted by atomic mass is 9.96. The second kappa shape index (κ2) is 6.05. The van der Waals surface area contributed by atoms with E-state index in [0.717, 1.165) is 25.8 Å². The molecule has 0 amide bonds. The maximum absolute atomic E-state index is 5.66. The quantitative estimate of drug-likeness (QED) is 0.460. The van der Waals surface area contributed by atoms with Gasteiger partial charge in [0.05, 0.1) is 0 Å². The molecule has 0 bridgehead atoms. The van der Waals surface area contributed by atoms with Crippen molar-refractivity contribution in [2.45, 2.75) is 38.6 Å². The van der Waals surface area contributed by atoms with Crippen LogP contribution < -0.4 is 11.1 Å². The van der Waals surface area contributed by atoms with Crippen molar-refractivity contribution in [1.29, 1.82) is 0 Å². The van der Waals surface area contributed by atoms with Crippen LogP contribution in [0.15, 0.2) is 0 Å². The number of nitrogens with two attached hydrogens (primary N) is 1. The molecule has 0 spiro atoms. The number of nitrogens with one attached hydrogen (secondary N) is 1. The fourth-order valence-electron chi connectivity index (χ4n) is 1.25. The molecule has 0 radical (unpaired) electrons. The third-order valence-corrected chi connectivity index (χ3v) is 2.07. The minimum Gasteiger partial charge on any atom is -0.329 e.